The van der Waals surface area contributed by atoms with E-state index >= 15 is 0 Å². The lowest BCUT2D eigenvalue weighted by Crippen LogP contribution is -2.24. The maximum atomic E-state index is 11.6. The van der Waals surface area contributed by atoms with Crippen LogP contribution in [0.5, 0.6) is 0 Å². The summed E-state index contributed by atoms with van der Waals surface area (Å²) in [5.41, 5.74) is 1.36. The van der Waals surface area contributed by atoms with Gasteiger partial charge in [0.2, 0.25) is 0 Å². The molecule has 0 fully saturated rings. The molecule has 3 N–H and O–H groups in total. The molecule has 0 aromatic heterocycles. The van der Waals surface area contributed by atoms with Crippen molar-refractivity contribution in [1.82, 2.24) is 0 Å². The first-order valence-corrected chi connectivity index (χ1v) is 10.1. The number of hydrogen-bond acceptors (Lipinski definition) is 4. The highest BCUT2D eigenvalue weighted by molar-refractivity contribution is 8.13. The minimum Gasteiger partial charge on any atom is -0.271 e. The van der Waals surface area contributed by atoms with Gasteiger partial charge in [-0.2, -0.15) is 8.42 Å². The zero-order valence-corrected chi connectivity index (χ0v) is 14.6. The Labute approximate surface area is 130 Å². The molecule has 0 aliphatic heterocycles. The molecule has 0 radical (unpaired) electrons. The summed E-state index contributed by atoms with van der Waals surface area (Å²) in [7, 11) is -2.48. The van der Waals surface area contributed by atoms with Crippen molar-refractivity contribution in [3.63, 3.8) is 0 Å². The highest BCUT2D eigenvalue weighted by Gasteiger charge is 2.22. The van der Waals surface area contributed by atoms with Crippen LogP contribution < -0.4 is 9.86 Å². The number of nitrogens with one attached hydrogen (secondary N) is 1. The van der Waals surface area contributed by atoms with Gasteiger partial charge in [0, 0.05) is 10.7 Å². The van der Waals surface area contributed by atoms with E-state index in [4.69, 9.17) is 15.8 Å². The molecule has 0 aliphatic rings. The van der Waals surface area contributed by atoms with Gasteiger partial charge in [0.15, 0.2) is 0 Å². The number of anilines is 1. The third kappa shape index (κ3) is 4.84. The lowest BCUT2D eigenvalue weighted by Gasteiger charge is -2.21. The lowest BCUT2D eigenvalue weighted by atomic mass is 9.93. The van der Waals surface area contributed by atoms with Gasteiger partial charge >= 0.3 is 0 Å². The van der Waals surface area contributed by atoms with E-state index < -0.39 is 19.3 Å². The summed E-state index contributed by atoms with van der Waals surface area (Å²) < 4.78 is 48.1. The first kappa shape index (κ1) is 18.2. The summed E-state index contributed by atoms with van der Waals surface area (Å²) in [4.78, 5) is -0.0588. The Morgan fingerprint density at radius 1 is 1.00 bits per heavy atom. The first-order valence-electron chi connectivity index (χ1n) is 6.26. The van der Waals surface area contributed by atoms with Gasteiger partial charge < -0.3 is 0 Å². The molecule has 1 rings (SSSR count). The van der Waals surface area contributed by atoms with E-state index in [0.717, 1.165) is 0 Å². The predicted molar refractivity (Wildman–Crippen MR) is 84.4 cm³/mol. The summed E-state index contributed by atoms with van der Waals surface area (Å²) in [6.45, 7) is 7.27. The Morgan fingerprint density at radius 2 is 1.38 bits per heavy atom. The van der Waals surface area contributed by atoms with Crippen molar-refractivity contribution in [2.24, 2.45) is 5.14 Å². The average molecular weight is 355 g/mol. The predicted octanol–water partition coefficient (Wildman–Crippen LogP) is 2.48. The average Bonchev–Trinajstić information content (AvgIpc) is 2.24. The van der Waals surface area contributed by atoms with Gasteiger partial charge in [-0.15, -0.1) is 0 Å². The van der Waals surface area contributed by atoms with Gasteiger partial charge in [0.05, 0.1) is 10.6 Å². The zero-order valence-electron chi connectivity index (χ0n) is 12.2. The van der Waals surface area contributed by atoms with Crippen LogP contribution in [0.1, 0.15) is 50.7 Å². The molecule has 0 aliphatic carbocycles. The smallest absolute Gasteiger partial charge is 0.271 e. The maximum absolute atomic E-state index is 11.6. The van der Waals surface area contributed by atoms with Crippen molar-refractivity contribution in [2.75, 3.05) is 4.72 Å². The van der Waals surface area contributed by atoms with Gasteiger partial charge in [-0.25, -0.2) is 13.6 Å². The molecule has 0 amide bonds. The Balaban J connectivity index is 3.75. The third-order valence-corrected chi connectivity index (χ3v) is 4.76. The van der Waals surface area contributed by atoms with Gasteiger partial charge in [0.1, 0.15) is 0 Å². The summed E-state index contributed by atoms with van der Waals surface area (Å²) >= 11 is 0. The van der Waals surface area contributed by atoms with Crippen LogP contribution >= 0.6 is 10.7 Å². The molecular weight excluding hydrogens is 336 g/mol. The van der Waals surface area contributed by atoms with Crippen molar-refractivity contribution in [1.29, 1.82) is 0 Å². The molecule has 1 aromatic carbocycles. The van der Waals surface area contributed by atoms with Gasteiger partial charge in [-0.1, -0.05) is 27.7 Å². The van der Waals surface area contributed by atoms with Gasteiger partial charge in [-0.3, -0.25) is 4.72 Å². The van der Waals surface area contributed by atoms with Crippen molar-refractivity contribution in [3.8, 4) is 0 Å². The number of benzene rings is 1. The fourth-order valence-corrected chi connectivity index (χ4v) is 3.29. The number of nitrogens with two attached hydrogens (primary N) is 1. The van der Waals surface area contributed by atoms with Crippen LogP contribution in [0.15, 0.2) is 17.0 Å². The Bertz CT molecular complexity index is 712. The first-order chi connectivity index (χ1) is 9.33. The minimum absolute atomic E-state index is 0.0588. The molecule has 120 valence electrons. The topological polar surface area (TPSA) is 106 Å². The van der Waals surface area contributed by atoms with Crippen molar-refractivity contribution in [3.05, 3.63) is 23.3 Å². The summed E-state index contributed by atoms with van der Waals surface area (Å²) in [5, 5.41) is 5.05. The highest BCUT2D eigenvalue weighted by atomic mass is 35.7. The Morgan fingerprint density at radius 3 is 1.62 bits per heavy atom. The van der Waals surface area contributed by atoms with Crippen molar-refractivity contribution < 1.29 is 16.8 Å². The fraction of sp³-hybridized carbons (Fsp3) is 0.500. The molecule has 0 unspecified atom stereocenters. The van der Waals surface area contributed by atoms with Crippen molar-refractivity contribution in [2.45, 2.75) is 44.4 Å². The SMILES string of the molecule is CC(C)c1cc(S(=O)(=O)Cl)cc(C(C)C)c1NS(N)(=O)=O. The van der Waals surface area contributed by atoms with E-state index in [1.807, 2.05) is 27.7 Å². The molecule has 0 atom stereocenters. The molecular formula is C12H19ClN2O4S2. The minimum atomic E-state index is -3.97. The van der Waals surface area contributed by atoms with Crippen LogP contribution in [0.3, 0.4) is 0 Å². The lowest BCUT2D eigenvalue weighted by molar-refractivity contribution is 0.602. The van der Waals surface area contributed by atoms with E-state index in [1.165, 1.54) is 12.1 Å². The van der Waals surface area contributed by atoms with Crippen molar-refractivity contribution >= 4 is 35.6 Å². The van der Waals surface area contributed by atoms with Crippen LogP contribution in [0.25, 0.3) is 0 Å². The molecule has 0 bridgehead atoms. The molecule has 21 heavy (non-hydrogen) atoms. The van der Waals surface area contributed by atoms with Crippen LogP contribution in [0.4, 0.5) is 5.69 Å². The normalized spacial score (nSPS) is 13.0. The quantitative estimate of drug-likeness (QED) is 0.792. The van der Waals surface area contributed by atoms with E-state index in [1.54, 1.807) is 0 Å². The molecule has 0 heterocycles. The molecule has 0 spiro atoms. The summed E-state index contributed by atoms with van der Waals surface area (Å²) in [6, 6.07) is 2.73. The highest BCUT2D eigenvalue weighted by Crippen LogP contribution is 2.36. The van der Waals surface area contributed by atoms with Crippen LogP contribution in [0.2, 0.25) is 0 Å². The number of hydrogen-bond donors (Lipinski definition) is 2. The summed E-state index contributed by atoms with van der Waals surface area (Å²) in [5.74, 6) is -0.241. The van der Waals surface area contributed by atoms with Gasteiger partial charge in [-0.05, 0) is 35.1 Å². The Hall–Kier alpha value is -0.830. The fourth-order valence-electron chi connectivity index (χ4n) is 1.97. The summed E-state index contributed by atoms with van der Waals surface area (Å²) in [6.07, 6.45) is 0. The second kappa shape index (κ2) is 6.12. The van der Waals surface area contributed by atoms with E-state index in [0.29, 0.717) is 16.8 Å². The van der Waals surface area contributed by atoms with Gasteiger partial charge in [0.25, 0.3) is 19.3 Å². The van der Waals surface area contributed by atoms with E-state index in [9.17, 15) is 16.8 Å². The zero-order chi connectivity index (χ0) is 16.6. The van der Waals surface area contributed by atoms with Crippen LogP contribution in [-0.4, -0.2) is 16.8 Å². The van der Waals surface area contributed by atoms with Crippen LogP contribution in [0, 0.1) is 0 Å². The second-order valence-electron chi connectivity index (χ2n) is 5.37. The standard InChI is InChI=1S/C12H19ClN2O4S2/c1-7(2)10-5-9(20(13,16)17)6-11(8(3)4)12(10)15-21(14,18)19/h5-8,15H,1-4H3,(H2,14,18,19). The van der Waals surface area contributed by atoms with E-state index in [-0.39, 0.29) is 16.7 Å². The number of halogens is 1. The monoisotopic (exact) mass is 354 g/mol. The maximum Gasteiger partial charge on any atom is 0.296 e. The molecule has 1 aromatic rings. The molecule has 6 nitrogen and oxygen atoms in total. The number of rotatable bonds is 5. The molecule has 0 saturated heterocycles. The second-order valence-corrected chi connectivity index (χ2v) is 9.23. The molecule has 0 saturated carbocycles. The third-order valence-electron chi connectivity index (χ3n) is 2.94. The largest absolute Gasteiger partial charge is 0.296 e. The van der Waals surface area contributed by atoms with E-state index in [2.05, 4.69) is 4.72 Å². The van der Waals surface area contributed by atoms with Crippen LogP contribution in [-0.2, 0) is 19.3 Å². The Kier molecular flexibility index (Phi) is 5.31. The molecule has 9 heteroatoms.